The second kappa shape index (κ2) is 6.66. The molecule has 0 bridgehead atoms. The van der Waals surface area contributed by atoms with Gasteiger partial charge in [-0.25, -0.2) is 0 Å². The SMILES string of the molecule is C1=CCC/C=C/CC/C=C/C=C\1. The van der Waals surface area contributed by atoms with Crippen LogP contribution in [0.4, 0.5) is 0 Å². The number of hydrogen-bond donors (Lipinski definition) is 0. The first kappa shape index (κ1) is 9.05. The molecule has 0 N–H and O–H groups in total. The van der Waals surface area contributed by atoms with Gasteiger partial charge in [-0.05, 0) is 25.7 Å². The maximum absolute atomic E-state index is 2.27. The third kappa shape index (κ3) is 4.73. The summed E-state index contributed by atoms with van der Waals surface area (Å²) in [5, 5.41) is 0. The molecule has 0 heteroatoms. The molecule has 1 aliphatic rings. The van der Waals surface area contributed by atoms with Crippen molar-refractivity contribution in [1.29, 1.82) is 0 Å². The number of rotatable bonds is 0. The number of hydrogen-bond acceptors (Lipinski definition) is 0. The highest BCUT2D eigenvalue weighted by Gasteiger charge is 1.78. The van der Waals surface area contributed by atoms with Crippen LogP contribution in [0.5, 0.6) is 0 Å². The first-order valence-corrected chi connectivity index (χ1v) is 4.63. The molecule has 0 saturated heterocycles. The van der Waals surface area contributed by atoms with Gasteiger partial charge in [0.2, 0.25) is 0 Å². The van der Waals surface area contributed by atoms with Crippen LogP contribution in [0.3, 0.4) is 0 Å². The van der Waals surface area contributed by atoms with E-state index < -0.39 is 0 Å². The van der Waals surface area contributed by atoms with Gasteiger partial charge in [-0.3, -0.25) is 0 Å². The van der Waals surface area contributed by atoms with Crippen LogP contribution in [0.1, 0.15) is 25.7 Å². The second-order valence-electron chi connectivity index (χ2n) is 2.87. The van der Waals surface area contributed by atoms with Gasteiger partial charge in [0.25, 0.3) is 0 Å². The van der Waals surface area contributed by atoms with E-state index >= 15 is 0 Å². The van der Waals surface area contributed by atoms with Gasteiger partial charge in [0.1, 0.15) is 0 Å². The quantitative estimate of drug-likeness (QED) is 0.473. The molecule has 64 valence electrons. The molecule has 0 heterocycles. The Hall–Kier alpha value is -1.04. The van der Waals surface area contributed by atoms with Crippen LogP contribution in [0, 0.1) is 0 Å². The van der Waals surface area contributed by atoms with E-state index in [4.69, 9.17) is 0 Å². The summed E-state index contributed by atoms with van der Waals surface area (Å²) in [6.07, 6.45) is 22.0. The van der Waals surface area contributed by atoms with Gasteiger partial charge in [-0.2, -0.15) is 0 Å². The van der Waals surface area contributed by atoms with E-state index in [1.807, 2.05) is 0 Å². The average molecular weight is 160 g/mol. The predicted molar refractivity (Wildman–Crippen MR) is 55.0 cm³/mol. The molecule has 0 fully saturated rings. The highest BCUT2D eigenvalue weighted by atomic mass is 13.9. The Kier molecular flexibility index (Phi) is 5.02. The topological polar surface area (TPSA) is 0 Å². The molecule has 0 spiro atoms. The summed E-state index contributed by atoms with van der Waals surface area (Å²) >= 11 is 0. The van der Waals surface area contributed by atoms with Gasteiger partial charge >= 0.3 is 0 Å². The van der Waals surface area contributed by atoms with Crippen LogP contribution in [-0.4, -0.2) is 0 Å². The lowest BCUT2D eigenvalue weighted by Crippen LogP contribution is -1.68. The summed E-state index contributed by atoms with van der Waals surface area (Å²) in [6.45, 7) is 0. The maximum atomic E-state index is 2.27. The third-order valence-electron chi connectivity index (χ3n) is 1.77. The van der Waals surface area contributed by atoms with Crippen molar-refractivity contribution in [3.05, 3.63) is 48.6 Å². The monoisotopic (exact) mass is 160 g/mol. The molecule has 0 saturated carbocycles. The van der Waals surface area contributed by atoms with Gasteiger partial charge in [0.05, 0.1) is 0 Å². The molecule has 0 aromatic rings. The summed E-state index contributed by atoms with van der Waals surface area (Å²) < 4.78 is 0. The fraction of sp³-hybridized carbons (Fsp3) is 0.333. The molecule has 0 nitrogen and oxygen atoms in total. The summed E-state index contributed by atoms with van der Waals surface area (Å²) in [7, 11) is 0. The zero-order valence-corrected chi connectivity index (χ0v) is 7.45. The van der Waals surface area contributed by atoms with Gasteiger partial charge < -0.3 is 0 Å². The molecule has 0 aromatic heterocycles. The average Bonchev–Trinajstić information content (AvgIpc) is 2.05. The standard InChI is InChI=1S/C12H16/c1-2-4-6-8-10-12-11-9-7-5-3-1/h1-6,11-12H,7-10H2/b2-1-,5-3+,6-4?,12-11+. The second-order valence-corrected chi connectivity index (χ2v) is 2.87. The first-order chi connectivity index (χ1) is 6.00. The van der Waals surface area contributed by atoms with Gasteiger partial charge in [-0.1, -0.05) is 48.6 Å². The minimum absolute atomic E-state index is 1.16. The van der Waals surface area contributed by atoms with Crippen LogP contribution in [0.15, 0.2) is 48.6 Å². The van der Waals surface area contributed by atoms with E-state index in [9.17, 15) is 0 Å². The Morgan fingerprint density at radius 2 is 0.833 bits per heavy atom. The fourth-order valence-electron chi connectivity index (χ4n) is 1.10. The van der Waals surface area contributed by atoms with Crippen molar-refractivity contribution in [2.45, 2.75) is 25.7 Å². The van der Waals surface area contributed by atoms with Crippen LogP contribution in [0.2, 0.25) is 0 Å². The summed E-state index contributed by atoms with van der Waals surface area (Å²) in [5.41, 5.74) is 0. The van der Waals surface area contributed by atoms with E-state index in [1.165, 1.54) is 12.8 Å². The van der Waals surface area contributed by atoms with Crippen molar-refractivity contribution in [1.82, 2.24) is 0 Å². The predicted octanol–water partition coefficient (Wildman–Crippen LogP) is 3.79. The van der Waals surface area contributed by atoms with E-state index in [2.05, 4.69) is 48.6 Å². The summed E-state index contributed by atoms with van der Waals surface area (Å²) in [5.74, 6) is 0. The first-order valence-electron chi connectivity index (χ1n) is 4.63. The molecule has 0 amide bonds. The van der Waals surface area contributed by atoms with Crippen molar-refractivity contribution < 1.29 is 0 Å². The van der Waals surface area contributed by atoms with Crippen molar-refractivity contribution in [3.8, 4) is 0 Å². The van der Waals surface area contributed by atoms with E-state index in [0.717, 1.165) is 12.8 Å². The fourth-order valence-corrected chi connectivity index (χ4v) is 1.10. The smallest absolute Gasteiger partial charge is 0.0313 e. The Morgan fingerprint density at radius 1 is 0.417 bits per heavy atom. The Labute approximate surface area is 75.0 Å². The molecule has 0 aliphatic heterocycles. The minimum Gasteiger partial charge on any atom is -0.0882 e. The number of allylic oxidation sites excluding steroid dienone is 8. The zero-order chi connectivity index (χ0) is 8.49. The van der Waals surface area contributed by atoms with Gasteiger partial charge in [-0.15, -0.1) is 0 Å². The Balaban J connectivity index is 2.42. The van der Waals surface area contributed by atoms with Crippen LogP contribution < -0.4 is 0 Å². The van der Waals surface area contributed by atoms with Gasteiger partial charge in [0, 0.05) is 0 Å². The Morgan fingerprint density at radius 3 is 1.33 bits per heavy atom. The largest absolute Gasteiger partial charge is 0.0882 e. The molecule has 0 radical (unpaired) electrons. The molecular weight excluding hydrogens is 144 g/mol. The van der Waals surface area contributed by atoms with Crippen LogP contribution in [0.25, 0.3) is 0 Å². The summed E-state index contributed by atoms with van der Waals surface area (Å²) in [4.78, 5) is 0. The van der Waals surface area contributed by atoms with Crippen molar-refractivity contribution in [2.24, 2.45) is 0 Å². The molecule has 0 unspecified atom stereocenters. The third-order valence-corrected chi connectivity index (χ3v) is 1.77. The minimum atomic E-state index is 1.16. The van der Waals surface area contributed by atoms with E-state index in [0.29, 0.717) is 0 Å². The molecule has 1 aliphatic carbocycles. The molecule has 0 atom stereocenters. The lowest BCUT2D eigenvalue weighted by molar-refractivity contribution is 1.00. The highest BCUT2D eigenvalue weighted by molar-refractivity contribution is 5.11. The lowest BCUT2D eigenvalue weighted by atomic mass is 10.2. The summed E-state index contributed by atoms with van der Waals surface area (Å²) in [6, 6.07) is 0. The Bertz CT molecular complexity index is 182. The van der Waals surface area contributed by atoms with Gasteiger partial charge in [0.15, 0.2) is 0 Å². The molecular formula is C12H16. The van der Waals surface area contributed by atoms with Crippen molar-refractivity contribution in [3.63, 3.8) is 0 Å². The van der Waals surface area contributed by atoms with E-state index in [1.54, 1.807) is 0 Å². The molecule has 1 rings (SSSR count). The van der Waals surface area contributed by atoms with Crippen molar-refractivity contribution in [2.75, 3.05) is 0 Å². The lowest BCUT2D eigenvalue weighted by Gasteiger charge is -1.89. The van der Waals surface area contributed by atoms with E-state index in [-0.39, 0.29) is 0 Å². The highest BCUT2D eigenvalue weighted by Crippen LogP contribution is 1.99. The van der Waals surface area contributed by atoms with Crippen LogP contribution in [-0.2, 0) is 0 Å². The molecule has 0 aromatic carbocycles. The normalized spacial score (nSPS) is 26.7. The molecule has 12 heavy (non-hydrogen) atoms. The van der Waals surface area contributed by atoms with Crippen molar-refractivity contribution >= 4 is 0 Å². The maximum Gasteiger partial charge on any atom is -0.0313 e. The zero-order valence-electron chi connectivity index (χ0n) is 7.45. The van der Waals surface area contributed by atoms with Crippen LogP contribution >= 0.6 is 0 Å².